The number of anilines is 1. The molecule has 33 heavy (non-hydrogen) atoms. The molecule has 0 radical (unpaired) electrons. The van der Waals surface area contributed by atoms with Crippen LogP contribution in [0.2, 0.25) is 0 Å². The van der Waals surface area contributed by atoms with Gasteiger partial charge in [-0.3, -0.25) is 4.79 Å². The Morgan fingerprint density at radius 2 is 1.61 bits per heavy atom. The number of ether oxygens (including phenoxy) is 3. The van der Waals surface area contributed by atoms with Crippen LogP contribution >= 0.6 is 11.3 Å². The van der Waals surface area contributed by atoms with Gasteiger partial charge in [-0.15, -0.1) is 11.3 Å². The van der Waals surface area contributed by atoms with E-state index in [9.17, 15) is 22.8 Å². The SMILES string of the molecule is CCOC(=O)c1sc(NC(=O)CCCS(=O)(=O)c2ccc(OC)cc2)c(C(=O)OCC)c1C. The molecule has 0 saturated heterocycles. The van der Waals surface area contributed by atoms with E-state index in [1.165, 1.54) is 19.2 Å². The number of carbonyl (C=O) groups is 3. The minimum Gasteiger partial charge on any atom is -0.497 e. The topological polar surface area (TPSA) is 125 Å². The van der Waals surface area contributed by atoms with E-state index >= 15 is 0 Å². The number of methoxy groups -OCH3 is 1. The number of benzene rings is 1. The second-order valence-electron chi connectivity index (χ2n) is 6.85. The molecule has 0 aliphatic heterocycles. The molecule has 1 amide bonds. The number of hydrogen-bond donors (Lipinski definition) is 1. The summed E-state index contributed by atoms with van der Waals surface area (Å²) in [6.07, 6.45) is -0.0205. The van der Waals surface area contributed by atoms with Crippen LogP contribution in [0.1, 0.15) is 52.3 Å². The molecule has 180 valence electrons. The van der Waals surface area contributed by atoms with Gasteiger partial charge in [-0.25, -0.2) is 18.0 Å². The third kappa shape index (κ3) is 6.78. The van der Waals surface area contributed by atoms with Crippen LogP contribution in [0.4, 0.5) is 5.00 Å². The van der Waals surface area contributed by atoms with Crippen molar-refractivity contribution in [2.45, 2.75) is 38.5 Å². The third-order valence-corrected chi connectivity index (χ3v) is 7.58. The highest BCUT2D eigenvalue weighted by Gasteiger charge is 2.27. The molecule has 11 heteroatoms. The molecule has 0 fully saturated rings. The lowest BCUT2D eigenvalue weighted by Gasteiger charge is -2.08. The number of nitrogens with one attached hydrogen (secondary N) is 1. The Kier molecular flexibility index (Phi) is 9.42. The van der Waals surface area contributed by atoms with E-state index in [0.29, 0.717) is 11.3 Å². The van der Waals surface area contributed by atoms with Crippen LogP contribution in [0.5, 0.6) is 5.75 Å². The van der Waals surface area contributed by atoms with Crippen molar-refractivity contribution in [3.63, 3.8) is 0 Å². The highest BCUT2D eigenvalue weighted by atomic mass is 32.2. The lowest BCUT2D eigenvalue weighted by molar-refractivity contribution is -0.116. The average Bonchev–Trinajstić information content (AvgIpc) is 3.09. The first kappa shape index (κ1) is 26.3. The van der Waals surface area contributed by atoms with E-state index in [0.717, 1.165) is 11.3 Å². The van der Waals surface area contributed by atoms with Crippen LogP contribution in [0, 0.1) is 6.92 Å². The highest BCUT2D eigenvalue weighted by molar-refractivity contribution is 7.91. The number of rotatable bonds is 11. The number of sulfone groups is 1. The first-order valence-electron chi connectivity index (χ1n) is 10.3. The molecule has 0 aliphatic carbocycles. The number of amides is 1. The zero-order valence-corrected chi connectivity index (χ0v) is 20.6. The maximum absolute atomic E-state index is 12.5. The molecule has 1 N–H and O–H groups in total. The summed E-state index contributed by atoms with van der Waals surface area (Å²) >= 11 is 0.919. The zero-order valence-electron chi connectivity index (χ0n) is 18.9. The summed E-state index contributed by atoms with van der Waals surface area (Å²) in [5, 5.41) is 2.77. The van der Waals surface area contributed by atoms with Crippen molar-refractivity contribution in [3.8, 4) is 5.75 Å². The van der Waals surface area contributed by atoms with Gasteiger partial charge in [-0.2, -0.15) is 0 Å². The first-order valence-corrected chi connectivity index (χ1v) is 12.8. The van der Waals surface area contributed by atoms with Crippen molar-refractivity contribution in [3.05, 3.63) is 40.3 Å². The van der Waals surface area contributed by atoms with Crippen molar-refractivity contribution in [1.82, 2.24) is 0 Å². The van der Waals surface area contributed by atoms with Gasteiger partial charge >= 0.3 is 11.9 Å². The fourth-order valence-corrected chi connectivity index (χ4v) is 5.37. The normalized spacial score (nSPS) is 11.0. The lowest BCUT2D eigenvalue weighted by atomic mass is 10.1. The summed E-state index contributed by atoms with van der Waals surface area (Å²) in [5.74, 6) is -1.44. The summed E-state index contributed by atoms with van der Waals surface area (Å²) in [6, 6.07) is 6.00. The van der Waals surface area contributed by atoms with Crippen LogP contribution in [0.15, 0.2) is 29.2 Å². The molecule has 1 heterocycles. The Morgan fingerprint density at radius 3 is 2.18 bits per heavy atom. The minimum absolute atomic E-state index is 0.0734. The minimum atomic E-state index is -3.57. The Morgan fingerprint density at radius 1 is 1.00 bits per heavy atom. The average molecular weight is 498 g/mol. The molecule has 1 aromatic carbocycles. The molecule has 0 bridgehead atoms. The Bertz CT molecular complexity index is 1100. The van der Waals surface area contributed by atoms with Gasteiger partial charge in [0.1, 0.15) is 15.6 Å². The first-order chi connectivity index (χ1) is 15.6. The molecular formula is C22H27NO8S2. The van der Waals surface area contributed by atoms with Gasteiger partial charge in [-0.1, -0.05) is 0 Å². The molecule has 2 rings (SSSR count). The maximum Gasteiger partial charge on any atom is 0.348 e. The lowest BCUT2D eigenvalue weighted by Crippen LogP contribution is -2.16. The Balaban J connectivity index is 2.09. The van der Waals surface area contributed by atoms with Crippen molar-refractivity contribution in [2.24, 2.45) is 0 Å². The van der Waals surface area contributed by atoms with Crippen LogP contribution in [-0.4, -0.2) is 52.3 Å². The number of esters is 2. The number of carbonyl (C=O) groups excluding carboxylic acids is 3. The molecule has 1 aromatic heterocycles. The summed E-state index contributed by atoms with van der Waals surface area (Å²) in [5.41, 5.74) is 0.443. The smallest absolute Gasteiger partial charge is 0.348 e. The van der Waals surface area contributed by atoms with Crippen molar-refractivity contribution < 1.29 is 37.0 Å². The fourth-order valence-electron chi connectivity index (χ4n) is 2.95. The van der Waals surface area contributed by atoms with Crippen molar-refractivity contribution in [2.75, 3.05) is 31.4 Å². The van der Waals surface area contributed by atoms with E-state index in [1.807, 2.05) is 0 Å². The van der Waals surface area contributed by atoms with Gasteiger partial charge in [0.2, 0.25) is 5.91 Å². The molecule has 0 spiro atoms. The Labute approximate surface area is 197 Å². The van der Waals surface area contributed by atoms with Gasteiger partial charge in [0.05, 0.1) is 36.5 Å². The molecule has 0 saturated carbocycles. The zero-order chi connectivity index (χ0) is 24.6. The largest absolute Gasteiger partial charge is 0.497 e. The maximum atomic E-state index is 12.5. The molecule has 0 atom stereocenters. The summed E-state index contributed by atoms with van der Waals surface area (Å²) in [6.45, 7) is 5.17. The highest BCUT2D eigenvalue weighted by Crippen LogP contribution is 2.34. The standard InChI is InChI=1S/C22H27NO8S2/c1-5-30-21(25)18-14(3)19(22(26)31-6-2)32-20(18)23-17(24)8-7-13-33(27,28)16-11-9-15(29-4)10-12-16/h9-12H,5-8,13H2,1-4H3,(H,23,24). The monoisotopic (exact) mass is 497 g/mol. The van der Waals surface area contributed by atoms with Crippen LogP contribution in [-0.2, 0) is 24.1 Å². The van der Waals surface area contributed by atoms with Crippen LogP contribution in [0.25, 0.3) is 0 Å². The fraction of sp³-hybridized carbons (Fsp3) is 0.409. The van der Waals surface area contributed by atoms with Gasteiger partial charge in [0.25, 0.3) is 0 Å². The van der Waals surface area contributed by atoms with E-state index in [2.05, 4.69) is 5.32 Å². The molecule has 2 aromatic rings. The van der Waals surface area contributed by atoms with Crippen molar-refractivity contribution >= 4 is 44.0 Å². The summed E-state index contributed by atoms with van der Waals surface area (Å²) < 4.78 is 40.1. The summed E-state index contributed by atoms with van der Waals surface area (Å²) in [7, 11) is -2.08. The second kappa shape index (κ2) is 11.8. The predicted molar refractivity (Wildman–Crippen MR) is 124 cm³/mol. The molecule has 0 aliphatic rings. The number of thiophene rings is 1. The van der Waals surface area contributed by atoms with Crippen LogP contribution in [0.3, 0.4) is 0 Å². The van der Waals surface area contributed by atoms with Crippen molar-refractivity contribution in [1.29, 1.82) is 0 Å². The third-order valence-electron chi connectivity index (χ3n) is 4.58. The predicted octanol–water partition coefficient (Wildman–Crippen LogP) is 3.61. The van der Waals surface area contributed by atoms with E-state index in [4.69, 9.17) is 14.2 Å². The molecule has 9 nitrogen and oxygen atoms in total. The van der Waals surface area contributed by atoms with Gasteiger partial charge < -0.3 is 19.5 Å². The van der Waals surface area contributed by atoms with Gasteiger partial charge in [0.15, 0.2) is 9.84 Å². The number of hydrogen-bond acceptors (Lipinski definition) is 9. The van der Waals surface area contributed by atoms with Crippen LogP contribution < -0.4 is 10.1 Å². The van der Waals surface area contributed by atoms with Gasteiger partial charge in [-0.05, 0) is 57.0 Å². The second-order valence-corrected chi connectivity index (χ2v) is 9.98. The molecular weight excluding hydrogens is 470 g/mol. The molecule has 0 unspecified atom stereocenters. The van der Waals surface area contributed by atoms with Gasteiger partial charge in [0, 0.05) is 6.42 Å². The Hall–Kier alpha value is -2.92. The quantitative estimate of drug-likeness (QED) is 0.467. The van der Waals surface area contributed by atoms with E-state index < -0.39 is 27.7 Å². The van der Waals surface area contributed by atoms with E-state index in [-0.39, 0.29) is 52.1 Å². The van der Waals surface area contributed by atoms with E-state index in [1.54, 1.807) is 32.9 Å². The summed E-state index contributed by atoms with van der Waals surface area (Å²) in [4.78, 5) is 37.4.